The van der Waals surface area contributed by atoms with E-state index in [1.54, 1.807) is 30.4 Å². The molecule has 0 radical (unpaired) electrons. The molecule has 3 heterocycles. The van der Waals surface area contributed by atoms with Gasteiger partial charge in [-0.25, -0.2) is 14.8 Å². The molecular weight excluding hydrogens is 516 g/mol. The molecule has 1 fully saturated rings. The van der Waals surface area contributed by atoms with Gasteiger partial charge in [-0.1, -0.05) is 48.5 Å². The van der Waals surface area contributed by atoms with E-state index in [1.807, 2.05) is 6.07 Å². The van der Waals surface area contributed by atoms with E-state index in [4.69, 9.17) is 0 Å². The highest BCUT2D eigenvalue weighted by atomic mass is 19.4. The number of nitrogens with one attached hydrogen (secondary N) is 2. The second-order valence-corrected chi connectivity index (χ2v) is 8.94. The maximum absolute atomic E-state index is 14.4. The molecule has 38 heavy (non-hydrogen) atoms. The number of carbonyl (C=O) groups excluding carboxylic acids is 2. The predicted molar refractivity (Wildman–Crippen MR) is 126 cm³/mol. The largest absolute Gasteiger partial charge is 0.423 e. The van der Waals surface area contributed by atoms with Crippen LogP contribution in [0.3, 0.4) is 0 Å². The Morgan fingerprint density at radius 3 is 2.24 bits per heavy atom. The molecule has 2 N–H and O–H groups in total. The van der Waals surface area contributed by atoms with Crippen LogP contribution in [-0.4, -0.2) is 57.9 Å². The summed E-state index contributed by atoms with van der Waals surface area (Å²) >= 11 is 0. The third-order valence-electron chi connectivity index (χ3n) is 6.70. The molecule has 5 rings (SSSR count). The standard InChI is InChI=1S/C25H19F6N5O2/c1-13-15(16-9-5-6-10-17(16)32-13)11-12-36-20-18(21(37)34-22(36)38)23(24(26,27)28,25(29,30)31)35-19(33-20)14-7-3-2-4-8-14/h2-10,18,32H,11-12H2,1H3,(H,34,37,38). The molecule has 1 unspecified atom stereocenters. The number of hydrogen-bond acceptors (Lipinski definition) is 4. The number of fused-ring (bicyclic) bond motifs is 2. The van der Waals surface area contributed by atoms with Crippen molar-refractivity contribution in [2.75, 3.05) is 6.54 Å². The van der Waals surface area contributed by atoms with Crippen LogP contribution in [-0.2, 0) is 11.2 Å². The molecule has 1 aromatic heterocycles. The average Bonchev–Trinajstić information content (AvgIpc) is 3.17. The fraction of sp³-hybridized carbons (Fsp3) is 0.280. The fourth-order valence-corrected chi connectivity index (χ4v) is 4.92. The fourth-order valence-electron chi connectivity index (χ4n) is 4.92. The summed E-state index contributed by atoms with van der Waals surface area (Å²) in [6.07, 6.45) is -12.0. The van der Waals surface area contributed by atoms with Crippen molar-refractivity contribution in [2.45, 2.75) is 31.2 Å². The van der Waals surface area contributed by atoms with Crippen LogP contribution >= 0.6 is 0 Å². The zero-order chi connectivity index (χ0) is 27.5. The summed E-state index contributed by atoms with van der Waals surface area (Å²) in [5.74, 6) is -6.59. The summed E-state index contributed by atoms with van der Waals surface area (Å²) in [6, 6.07) is 12.8. The second-order valence-electron chi connectivity index (χ2n) is 8.94. The monoisotopic (exact) mass is 535 g/mol. The Kier molecular flexibility index (Phi) is 5.84. The Balaban J connectivity index is 1.65. The number of amidine groups is 2. The zero-order valence-corrected chi connectivity index (χ0v) is 19.6. The first-order valence-corrected chi connectivity index (χ1v) is 11.4. The summed E-state index contributed by atoms with van der Waals surface area (Å²) in [5.41, 5.74) is -2.79. The van der Waals surface area contributed by atoms with Gasteiger partial charge in [0.2, 0.25) is 5.91 Å². The van der Waals surface area contributed by atoms with E-state index in [9.17, 15) is 35.9 Å². The Hall–Kier alpha value is -4.16. The van der Waals surface area contributed by atoms with E-state index in [0.29, 0.717) is 16.2 Å². The number of urea groups is 1. The van der Waals surface area contributed by atoms with Gasteiger partial charge in [-0.2, -0.15) is 26.3 Å². The summed E-state index contributed by atoms with van der Waals surface area (Å²) < 4.78 is 86.5. The van der Waals surface area contributed by atoms with Gasteiger partial charge >= 0.3 is 18.4 Å². The van der Waals surface area contributed by atoms with E-state index in [1.165, 1.54) is 30.3 Å². The molecule has 198 valence electrons. The number of imide groups is 1. The van der Waals surface area contributed by atoms with Crippen LogP contribution in [0.25, 0.3) is 10.9 Å². The minimum atomic E-state index is -6.05. The van der Waals surface area contributed by atoms with Crippen molar-refractivity contribution in [1.29, 1.82) is 0 Å². The van der Waals surface area contributed by atoms with Crippen molar-refractivity contribution >= 4 is 34.5 Å². The summed E-state index contributed by atoms with van der Waals surface area (Å²) in [6.45, 7) is 1.42. The molecule has 2 aliphatic rings. The first-order valence-electron chi connectivity index (χ1n) is 11.4. The van der Waals surface area contributed by atoms with Crippen molar-refractivity contribution in [2.24, 2.45) is 15.9 Å². The van der Waals surface area contributed by atoms with Crippen LogP contribution < -0.4 is 5.32 Å². The number of amides is 3. The first kappa shape index (κ1) is 25.5. The third-order valence-corrected chi connectivity index (χ3v) is 6.70. The van der Waals surface area contributed by atoms with Gasteiger partial charge in [0.25, 0.3) is 5.54 Å². The van der Waals surface area contributed by atoms with Gasteiger partial charge in [0, 0.05) is 28.7 Å². The lowest BCUT2D eigenvalue weighted by atomic mass is 9.78. The zero-order valence-electron chi connectivity index (χ0n) is 19.6. The van der Waals surface area contributed by atoms with Crippen molar-refractivity contribution in [1.82, 2.24) is 15.2 Å². The van der Waals surface area contributed by atoms with Crippen molar-refractivity contribution in [3.05, 3.63) is 71.4 Å². The number of H-pyrrole nitrogens is 1. The first-order chi connectivity index (χ1) is 17.8. The maximum atomic E-state index is 14.4. The number of hydrogen-bond donors (Lipinski definition) is 2. The highest BCUT2D eigenvalue weighted by Crippen LogP contribution is 2.53. The van der Waals surface area contributed by atoms with Crippen LogP contribution in [0.2, 0.25) is 0 Å². The number of aliphatic imine (C=N–C) groups is 2. The molecule has 0 saturated carbocycles. The molecule has 0 bridgehead atoms. The highest BCUT2D eigenvalue weighted by molar-refractivity contribution is 6.23. The number of aromatic nitrogens is 1. The van der Waals surface area contributed by atoms with Crippen LogP contribution in [0.4, 0.5) is 31.1 Å². The third kappa shape index (κ3) is 3.84. The lowest BCUT2D eigenvalue weighted by Crippen LogP contribution is -2.73. The molecular formula is C25H19F6N5O2. The Morgan fingerprint density at radius 1 is 0.947 bits per heavy atom. The number of benzene rings is 2. The Morgan fingerprint density at radius 2 is 1.58 bits per heavy atom. The smallest absolute Gasteiger partial charge is 0.358 e. The van der Waals surface area contributed by atoms with E-state index in [0.717, 1.165) is 10.9 Å². The lowest BCUT2D eigenvalue weighted by molar-refractivity contribution is -0.302. The number of nitrogens with zero attached hydrogens (tertiary/aromatic N) is 3. The van der Waals surface area contributed by atoms with E-state index in [-0.39, 0.29) is 18.5 Å². The maximum Gasteiger partial charge on any atom is 0.423 e. The van der Waals surface area contributed by atoms with Gasteiger partial charge in [0.05, 0.1) is 0 Å². The second kappa shape index (κ2) is 8.71. The van der Waals surface area contributed by atoms with Crippen molar-refractivity contribution in [3.8, 4) is 0 Å². The lowest BCUT2D eigenvalue weighted by Gasteiger charge is -2.45. The SMILES string of the molecule is Cc1[nH]c2ccccc2c1CCN1C(=O)NC(=O)C2C1=NC(c1ccccc1)=NC2(C(F)(F)F)C(F)(F)F. The van der Waals surface area contributed by atoms with Gasteiger partial charge < -0.3 is 4.98 Å². The molecule has 3 aromatic rings. The van der Waals surface area contributed by atoms with Gasteiger partial charge in [-0.15, -0.1) is 0 Å². The molecule has 1 saturated heterocycles. The summed E-state index contributed by atoms with van der Waals surface area (Å²) in [4.78, 5) is 36.4. The minimum absolute atomic E-state index is 0.0616. The van der Waals surface area contributed by atoms with Gasteiger partial charge in [-0.05, 0) is 25.0 Å². The number of alkyl halides is 6. The average molecular weight is 535 g/mol. The van der Waals surface area contributed by atoms with Crippen LogP contribution in [0, 0.1) is 12.8 Å². The molecule has 2 aliphatic heterocycles. The van der Waals surface area contributed by atoms with Crippen LogP contribution in [0.1, 0.15) is 16.8 Å². The number of aromatic amines is 1. The quantitative estimate of drug-likeness (QED) is 0.465. The Labute approximate surface area is 211 Å². The van der Waals surface area contributed by atoms with Gasteiger partial charge in [-0.3, -0.25) is 15.0 Å². The highest BCUT2D eigenvalue weighted by Gasteiger charge is 2.79. The summed E-state index contributed by atoms with van der Waals surface area (Å²) in [7, 11) is 0. The molecule has 0 aliphatic carbocycles. The molecule has 13 heteroatoms. The number of carbonyl (C=O) groups is 2. The topological polar surface area (TPSA) is 89.9 Å². The summed E-state index contributed by atoms with van der Waals surface area (Å²) in [5, 5.41) is 2.44. The Bertz CT molecular complexity index is 1480. The van der Waals surface area contributed by atoms with E-state index < -0.39 is 47.4 Å². The van der Waals surface area contributed by atoms with Crippen molar-refractivity contribution in [3.63, 3.8) is 0 Å². The minimum Gasteiger partial charge on any atom is -0.358 e. The molecule has 1 atom stereocenters. The predicted octanol–water partition coefficient (Wildman–Crippen LogP) is 4.91. The molecule has 2 aromatic carbocycles. The van der Waals surface area contributed by atoms with Gasteiger partial charge in [0.1, 0.15) is 11.8 Å². The molecule has 7 nitrogen and oxygen atoms in total. The molecule has 0 spiro atoms. The van der Waals surface area contributed by atoms with Crippen LogP contribution in [0.15, 0.2) is 64.6 Å². The van der Waals surface area contributed by atoms with Crippen molar-refractivity contribution < 1.29 is 35.9 Å². The van der Waals surface area contributed by atoms with Crippen LogP contribution in [0.5, 0.6) is 0 Å². The van der Waals surface area contributed by atoms with E-state index in [2.05, 4.69) is 15.0 Å². The normalized spacial score (nSPS) is 19.7. The number of halogens is 6. The number of para-hydroxylation sites is 1. The molecule has 3 amide bonds. The number of rotatable bonds is 4. The van der Waals surface area contributed by atoms with E-state index >= 15 is 0 Å². The van der Waals surface area contributed by atoms with Gasteiger partial charge in [0.15, 0.2) is 5.84 Å². The number of aryl methyl sites for hydroxylation is 1.